The van der Waals surface area contributed by atoms with Crippen LogP contribution in [0.4, 0.5) is 5.69 Å². The average molecular weight is 302 g/mol. The predicted molar refractivity (Wildman–Crippen MR) is 82.9 cm³/mol. The molecule has 1 fully saturated rings. The molecule has 0 radical (unpaired) electrons. The van der Waals surface area contributed by atoms with E-state index in [-0.39, 0.29) is 5.91 Å². The molecule has 0 atom stereocenters. The number of nitrogens with zero attached hydrogens (tertiary/aromatic N) is 2. The zero-order valence-electron chi connectivity index (χ0n) is 12.0. The number of hydrogen-bond donors (Lipinski definition) is 1. The number of halogens is 1. The van der Waals surface area contributed by atoms with Crippen molar-refractivity contribution in [1.29, 1.82) is 0 Å². The number of anilines is 1. The Morgan fingerprint density at radius 1 is 1.33 bits per heavy atom. The number of hydrogen-bond acceptors (Lipinski definition) is 3. The fourth-order valence-corrected chi connectivity index (χ4v) is 2.30. The van der Waals surface area contributed by atoms with Gasteiger partial charge in [-0.25, -0.2) is 9.97 Å². The van der Waals surface area contributed by atoms with Gasteiger partial charge >= 0.3 is 0 Å². The first kappa shape index (κ1) is 14.0. The fourth-order valence-electron chi connectivity index (χ4n) is 2.12. The van der Waals surface area contributed by atoms with Crippen LogP contribution in [0.5, 0.6) is 0 Å². The van der Waals surface area contributed by atoms with Crippen LogP contribution in [0.25, 0.3) is 0 Å². The van der Waals surface area contributed by atoms with Crippen LogP contribution in [0.3, 0.4) is 0 Å². The quantitative estimate of drug-likeness (QED) is 0.936. The van der Waals surface area contributed by atoms with Crippen molar-refractivity contribution in [3.8, 4) is 0 Å². The predicted octanol–water partition coefficient (Wildman–Crippen LogP) is 3.88. The Hall–Kier alpha value is -1.94. The summed E-state index contributed by atoms with van der Waals surface area (Å²) in [5, 5.41) is 3.46. The van der Waals surface area contributed by atoms with Gasteiger partial charge in [0.25, 0.3) is 5.91 Å². The monoisotopic (exact) mass is 301 g/mol. The molecular weight excluding hydrogens is 286 g/mol. The van der Waals surface area contributed by atoms with Gasteiger partial charge in [0, 0.05) is 22.8 Å². The van der Waals surface area contributed by atoms with Crippen molar-refractivity contribution in [2.75, 3.05) is 5.32 Å². The van der Waals surface area contributed by atoms with Crippen molar-refractivity contribution in [1.82, 2.24) is 9.97 Å². The molecule has 0 aliphatic heterocycles. The van der Waals surface area contributed by atoms with Crippen LogP contribution in [-0.4, -0.2) is 15.9 Å². The number of aryl methyl sites for hydroxylation is 2. The van der Waals surface area contributed by atoms with E-state index in [2.05, 4.69) is 15.3 Å². The summed E-state index contributed by atoms with van der Waals surface area (Å²) in [6, 6.07) is 5.44. The summed E-state index contributed by atoms with van der Waals surface area (Å²) in [5.74, 6) is 1.12. The zero-order chi connectivity index (χ0) is 15.0. The van der Waals surface area contributed by atoms with Crippen LogP contribution in [0.15, 0.2) is 24.4 Å². The lowest BCUT2D eigenvalue weighted by Crippen LogP contribution is -2.15. The average Bonchev–Trinajstić information content (AvgIpc) is 3.27. The lowest BCUT2D eigenvalue weighted by molar-refractivity contribution is 0.102. The molecule has 108 valence electrons. The normalized spacial score (nSPS) is 14.0. The first-order chi connectivity index (χ1) is 10.0. The number of nitrogens with one attached hydrogen (secondary N) is 1. The Morgan fingerprint density at radius 2 is 2.10 bits per heavy atom. The van der Waals surface area contributed by atoms with Crippen molar-refractivity contribution in [3.63, 3.8) is 0 Å². The third-order valence-corrected chi connectivity index (χ3v) is 4.02. The highest BCUT2D eigenvalue weighted by molar-refractivity contribution is 6.31. The molecule has 0 bridgehead atoms. The van der Waals surface area contributed by atoms with Crippen molar-refractivity contribution < 1.29 is 4.79 Å². The first-order valence-electron chi connectivity index (χ1n) is 6.95. The SMILES string of the molecule is Cc1ccc(NC(=O)c2cnc(C3CC3)nc2C)cc1Cl. The minimum atomic E-state index is -0.213. The Morgan fingerprint density at radius 3 is 2.71 bits per heavy atom. The van der Waals surface area contributed by atoms with Crippen LogP contribution in [0, 0.1) is 13.8 Å². The molecule has 1 N–H and O–H groups in total. The fraction of sp³-hybridized carbons (Fsp3) is 0.312. The van der Waals surface area contributed by atoms with E-state index in [1.807, 2.05) is 26.0 Å². The Labute approximate surface area is 128 Å². The van der Waals surface area contributed by atoms with Gasteiger partial charge in [-0.1, -0.05) is 17.7 Å². The topological polar surface area (TPSA) is 54.9 Å². The van der Waals surface area contributed by atoms with E-state index in [9.17, 15) is 4.79 Å². The van der Waals surface area contributed by atoms with Gasteiger partial charge in [-0.3, -0.25) is 4.79 Å². The van der Waals surface area contributed by atoms with Gasteiger partial charge in [-0.15, -0.1) is 0 Å². The van der Waals surface area contributed by atoms with E-state index in [4.69, 9.17) is 11.6 Å². The van der Waals surface area contributed by atoms with E-state index >= 15 is 0 Å². The van der Waals surface area contributed by atoms with Gasteiger partial charge in [0.1, 0.15) is 5.82 Å². The van der Waals surface area contributed by atoms with Crippen LogP contribution < -0.4 is 5.32 Å². The Balaban J connectivity index is 1.79. The maximum absolute atomic E-state index is 12.3. The summed E-state index contributed by atoms with van der Waals surface area (Å²) in [6.45, 7) is 3.76. The number of rotatable bonds is 3. The second kappa shape index (κ2) is 5.45. The third kappa shape index (κ3) is 3.05. The molecule has 5 heteroatoms. The van der Waals surface area contributed by atoms with Crippen molar-refractivity contribution in [2.24, 2.45) is 0 Å². The number of carbonyl (C=O) groups excluding carboxylic acids is 1. The maximum Gasteiger partial charge on any atom is 0.259 e. The van der Waals surface area contributed by atoms with Gasteiger partial charge < -0.3 is 5.32 Å². The van der Waals surface area contributed by atoms with E-state index in [0.717, 1.165) is 24.2 Å². The molecule has 21 heavy (non-hydrogen) atoms. The number of benzene rings is 1. The molecule has 2 aromatic rings. The van der Waals surface area contributed by atoms with Crippen LogP contribution in [0.2, 0.25) is 5.02 Å². The minimum absolute atomic E-state index is 0.213. The Bertz CT molecular complexity index is 711. The van der Waals surface area contributed by atoms with Gasteiger partial charge in [0.05, 0.1) is 11.3 Å². The third-order valence-electron chi connectivity index (χ3n) is 3.61. The van der Waals surface area contributed by atoms with Crippen LogP contribution in [0.1, 0.15) is 46.2 Å². The Kier molecular flexibility index (Phi) is 3.64. The second-order valence-corrected chi connectivity index (χ2v) is 5.83. The summed E-state index contributed by atoms with van der Waals surface area (Å²) >= 11 is 6.06. The summed E-state index contributed by atoms with van der Waals surface area (Å²) in [6.07, 6.45) is 3.90. The molecule has 1 amide bonds. The number of amides is 1. The largest absolute Gasteiger partial charge is 0.322 e. The van der Waals surface area contributed by atoms with Crippen molar-refractivity contribution >= 4 is 23.2 Å². The second-order valence-electron chi connectivity index (χ2n) is 5.42. The van der Waals surface area contributed by atoms with Crippen molar-refractivity contribution in [2.45, 2.75) is 32.6 Å². The number of carbonyl (C=O) groups is 1. The molecule has 1 aromatic heterocycles. The highest BCUT2D eigenvalue weighted by Gasteiger charge is 2.27. The highest BCUT2D eigenvalue weighted by atomic mass is 35.5. The molecule has 0 spiro atoms. The van der Waals surface area contributed by atoms with E-state index in [1.165, 1.54) is 0 Å². The smallest absolute Gasteiger partial charge is 0.259 e. The first-order valence-corrected chi connectivity index (χ1v) is 7.33. The molecule has 1 aliphatic rings. The zero-order valence-corrected chi connectivity index (χ0v) is 12.7. The van der Waals surface area contributed by atoms with Crippen LogP contribution in [-0.2, 0) is 0 Å². The van der Waals surface area contributed by atoms with E-state index in [1.54, 1.807) is 12.3 Å². The molecular formula is C16H16ClN3O. The summed E-state index contributed by atoms with van der Waals surface area (Å²) in [5.41, 5.74) is 2.85. The minimum Gasteiger partial charge on any atom is -0.322 e. The molecule has 4 nitrogen and oxygen atoms in total. The summed E-state index contributed by atoms with van der Waals surface area (Å²) in [4.78, 5) is 21.0. The molecule has 3 rings (SSSR count). The van der Waals surface area contributed by atoms with E-state index in [0.29, 0.717) is 27.9 Å². The molecule has 0 unspecified atom stereocenters. The summed E-state index contributed by atoms with van der Waals surface area (Å²) < 4.78 is 0. The molecule has 1 heterocycles. The van der Waals surface area contributed by atoms with Gasteiger partial charge in [0.2, 0.25) is 0 Å². The lowest BCUT2D eigenvalue weighted by atomic mass is 10.2. The van der Waals surface area contributed by atoms with Crippen molar-refractivity contribution in [3.05, 3.63) is 52.1 Å². The number of aromatic nitrogens is 2. The molecule has 1 aromatic carbocycles. The maximum atomic E-state index is 12.3. The molecule has 0 saturated heterocycles. The molecule has 1 aliphatic carbocycles. The molecule has 1 saturated carbocycles. The van der Waals surface area contributed by atoms with Gasteiger partial charge in [0.15, 0.2) is 0 Å². The standard InChI is InChI=1S/C16H16ClN3O/c1-9-3-6-12(7-14(9)17)20-16(21)13-8-18-15(11-4-5-11)19-10(13)2/h3,6-8,11H,4-5H2,1-2H3,(H,20,21). The van der Waals surface area contributed by atoms with Gasteiger partial charge in [-0.05, 0) is 44.4 Å². The van der Waals surface area contributed by atoms with E-state index < -0.39 is 0 Å². The highest BCUT2D eigenvalue weighted by Crippen LogP contribution is 2.37. The lowest BCUT2D eigenvalue weighted by Gasteiger charge is -2.09. The summed E-state index contributed by atoms with van der Waals surface area (Å²) in [7, 11) is 0. The van der Waals surface area contributed by atoms with Crippen LogP contribution >= 0.6 is 11.6 Å². The van der Waals surface area contributed by atoms with Gasteiger partial charge in [-0.2, -0.15) is 0 Å².